The van der Waals surface area contributed by atoms with Crippen LogP contribution in [0.2, 0.25) is 0 Å². The summed E-state index contributed by atoms with van der Waals surface area (Å²) in [4.78, 5) is 30.5. The number of carbonyl (C=O) groups excluding carboxylic acids is 2. The number of nitrogens with zero attached hydrogens (tertiary/aromatic N) is 2. The van der Waals surface area contributed by atoms with E-state index >= 15 is 0 Å². The molecule has 0 radical (unpaired) electrons. The topological polar surface area (TPSA) is 62.3 Å². The normalized spacial score (nSPS) is 14.9. The highest BCUT2D eigenvalue weighted by Crippen LogP contribution is 2.18. The van der Waals surface area contributed by atoms with Crippen molar-refractivity contribution in [1.82, 2.24) is 15.2 Å². The number of pyridine rings is 1. The number of carbonyl (C=O) groups is 2. The Bertz CT molecular complexity index is 741. The molecule has 1 aromatic heterocycles. The molecule has 0 bridgehead atoms. The van der Waals surface area contributed by atoms with E-state index < -0.39 is 0 Å². The predicted octanol–water partition coefficient (Wildman–Crippen LogP) is 2.32. The number of halogens is 1. The van der Waals surface area contributed by atoms with Gasteiger partial charge in [0.1, 0.15) is 5.82 Å². The third kappa shape index (κ3) is 4.88. The fourth-order valence-electron chi connectivity index (χ4n) is 3.12. The van der Waals surface area contributed by atoms with Crippen molar-refractivity contribution in [3.63, 3.8) is 0 Å². The largest absolute Gasteiger partial charge is 0.352 e. The number of likely N-dealkylation sites (tertiary alicyclic amines) is 1. The zero-order chi connectivity index (χ0) is 18.4. The zero-order valence-corrected chi connectivity index (χ0v) is 14.5. The lowest BCUT2D eigenvalue weighted by molar-refractivity contribution is -0.135. The summed E-state index contributed by atoms with van der Waals surface area (Å²) in [6.45, 7) is 1.62. The van der Waals surface area contributed by atoms with Crippen molar-refractivity contribution in [3.05, 3.63) is 65.7 Å². The SMILES string of the molecule is O=C(NCc1cccnc1)C1CCN(C(=O)Cc2ccc(F)cc2)CC1. The lowest BCUT2D eigenvalue weighted by Gasteiger charge is -2.31. The van der Waals surface area contributed by atoms with Gasteiger partial charge in [0.05, 0.1) is 6.42 Å². The molecule has 0 unspecified atom stereocenters. The van der Waals surface area contributed by atoms with E-state index in [1.54, 1.807) is 29.4 Å². The van der Waals surface area contributed by atoms with Crippen molar-refractivity contribution >= 4 is 11.8 Å². The Hall–Kier alpha value is -2.76. The second-order valence-corrected chi connectivity index (χ2v) is 6.54. The van der Waals surface area contributed by atoms with Crippen LogP contribution in [0, 0.1) is 11.7 Å². The molecule has 6 heteroatoms. The van der Waals surface area contributed by atoms with E-state index in [1.165, 1.54) is 12.1 Å². The summed E-state index contributed by atoms with van der Waals surface area (Å²) in [5.41, 5.74) is 1.76. The molecule has 2 aromatic rings. The Kier molecular flexibility index (Phi) is 5.94. The molecule has 1 aliphatic heterocycles. The van der Waals surface area contributed by atoms with Gasteiger partial charge < -0.3 is 10.2 Å². The highest BCUT2D eigenvalue weighted by molar-refractivity contribution is 5.81. The minimum Gasteiger partial charge on any atom is -0.352 e. The van der Waals surface area contributed by atoms with Crippen LogP contribution >= 0.6 is 0 Å². The average molecular weight is 355 g/mol. The second-order valence-electron chi connectivity index (χ2n) is 6.54. The minimum absolute atomic E-state index is 0.0193. The Balaban J connectivity index is 1.43. The van der Waals surface area contributed by atoms with Crippen molar-refractivity contribution < 1.29 is 14.0 Å². The lowest BCUT2D eigenvalue weighted by Crippen LogP contribution is -2.43. The van der Waals surface area contributed by atoms with E-state index in [0.717, 1.165) is 11.1 Å². The maximum absolute atomic E-state index is 12.9. The van der Waals surface area contributed by atoms with Crippen LogP contribution in [0.15, 0.2) is 48.8 Å². The first-order valence-electron chi connectivity index (χ1n) is 8.80. The fraction of sp³-hybridized carbons (Fsp3) is 0.350. The van der Waals surface area contributed by atoms with Crippen LogP contribution in [0.4, 0.5) is 4.39 Å². The molecule has 26 heavy (non-hydrogen) atoms. The monoisotopic (exact) mass is 355 g/mol. The standard InChI is InChI=1S/C20H22FN3O2/c21-18-5-3-15(4-6-18)12-19(25)24-10-7-17(8-11-24)20(26)23-14-16-2-1-9-22-13-16/h1-6,9,13,17H,7-8,10-12,14H2,(H,23,26). The van der Waals surface area contributed by atoms with Gasteiger partial charge in [0.25, 0.3) is 0 Å². The maximum Gasteiger partial charge on any atom is 0.226 e. The number of hydrogen-bond acceptors (Lipinski definition) is 3. The van der Waals surface area contributed by atoms with Gasteiger partial charge in [0.2, 0.25) is 11.8 Å². The van der Waals surface area contributed by atoms with Crippen molar-refractivity contribution in [3.8, 4) is 0 Å². The van der Waals surface area contributed by atoms with Crippen LogP contribution in [0.5, 0.6) is 0 Å². The smallest absolute Gasteiger partial charge is 0.226 e. The highest BCUT2D eigenvalue weighted by atomic mass is 19.1. The minimum atomic E-state index is -0.306. The van der Waals surface area contributed by atoms with E-state index in [9.17, 15) is 14.0 Å². The van der Waals surface area contributed by atoms with Gasteiger partial charge in [0.15, 0.2) is 0 Å². The van der Waals surface area contributed by atoms with Gasteiger partial charge in [0, 0.05) is 37.9 Å². The molecule has 0 aliphatic carbocycles. The first kappa shape index (κ1) is 18.0. The summed E-state index contributed by atoms with van der Waals surface area (Å²) in [5, 5.41) is 2.94. The van der Waals surface area contributed by atoms with Crippen LogP contribution in [0.3, 0.4) is 0 Å². The molecule has 0 spiro atoms. The zero-order valence-electron chi connectivity index (χ0n) is 14.5. The molecular formula is C20H22FN3O2. The van der Waals surface area contributed by atoms with Gasteiger partial charge in [-0.1, -0.05) is 18.2 Å². The molecule has 1 N–H and O–H groups in total. The molecule has 0 saturated carbocycles. The van der Waals surface area contributed by atoms with Crippen LogP contribution in [-0.2, 0) is 22.6 Å². The lowest BCUT2D eigenvalue weighted by atomic mass is 9.95. The molecule has 3 rings (SSSR count). The van der Waals surface area contributed by atoms with Crippen LogP contribution < -0.4 is 5.32 Å². The van der Waals surface area contributed by atoms with Gasteiger partial charge in [-0.2, -0.15) is 0 Å². The van der Waals surface area contributed by atoms with Crippen molar-refractivity contribution in [2.75, 3.05) is 13.1 Å². The number of benzene rings is 1. The van der Waals surface area contributed by atoms with E-state index in [1.807, 2.05) is 12.1 Å². The maximum atomic E-state index is 12.9. The highest BCUT2D eigenvalue weighted by Gasteiger charge is 2.27. The van der Waals surface area contributed by atoms with Crippen LogP contribution in [0.1, 0.15) is 24.0 Å². The average Bonchev–Trinajstić information content (AvgIpc) is 2.69. The molecule has 5 nitrogen and oxygen atoms in total. The van der Waals surface area contributed by atoms with E-state index in [2.05, 4.69) is 10.3 Å². The molecular weight excluding hydrogens is 333 g/mol. The summed E-state index contributed by atoms with van der Waals surface area (Å²) in [6.07, 6.45) is 5.02. The van der Waals surface area contributed by atoms with E-state index in [4.69, 9.17) is 0 Å². The first-order chi connectivity index (χ1) is 12.6. The number of amides is 2. The summed E-state index contributed by atoms with van der Waals surface area (Å²) in [7, 11) is 0. The Morgan fingerprint density at radius 3 is 2.50 bits per heavy atom. The molecule has 2 amide bonds. The number of piperidine rings is 1. The van der Waals surface area contributed by atoms with E-state index in [0.29, 0.717) is 32.5 Å². The van der Waals surface area contributed by atoms with Crippen LogP contribution in [-0.4, -0.2) is 34.8 Å². The molecule has 0 atom stereocenters. The second kappa shape index (κ2) is 8.56. The molecule has 1 aromatic carbocycles. The van der Waals surface area contributed by atoms with Crippen molar-refractivity contribution in [2.45, 2.75) is 25.8 Å². The quantitative estimate of drug-likeness (QED) is 0.895. The van der Waals surface area contributed by atoms with Gasteiger partial charge >= 0.3 is 0 Å². The molecule has 136 valence electrons. The molecule has 1 saturated heterocycles. The third-order valence-corrected chi connectivity index (χ3v) is 4.68. The van der Waals surface area contributed by atoms with Gasteiger partial charge in [-0.25, -0.2) is 4.39 Å². The fourth-order valence-corrected chi connectivity index (χ4v) is 3.12. The van der Waals surface area contributed by atoms with Crippen molar-refractivity contribution in [2.24, 2.45) is 5.92 Å². The van der Waals surface area contributed by atoms with Crippen molar-refractivity contribution in [1.29, 1.82) is 0 Å². The third-order valence-electron chi connectivity index (χ3n) is 4.68. The number of hydrogen-bond donors (Lipinski definition) is 1. The van der Waals surface area contributed by atoms with E-state index in [-0.39, 0.29) is 30.0 Å². The summed E-state index contributed by atoms with van der Waals surface area (Å²) < 4.78 is 12.9. The Morgan fingerprint density at radius 1 is 1.12 bits per heavy atom. The van der Waals surface area contributed by atoms with Gasteiger partial charge in [-0.05, 0) is 42.2 Å². The summed E-state index contributed by atoms with van der Waals surface area (Å²) in [6, 6.07) is 9.75. The Morgan fingerprint density at radius 2 is 1.85 bits per heavy atom. The summed E-state index contributed by atoms with van der Waals surface area (Å²) in [5.74, 6) is -0.328. The molecule has 2 heterocycles. The van der Waals surface area contributed by atoms with Gasteiger partial charge in [-0.15, -0.1) is 0 Å². The number of aromatic nitrogens is 1. The predicted molar refractivity (Wildman–Crippen MR) is 95.5 cm³/mol. The number of nitrogens with one attached hydrogen (secondary N) is 1. The Labute approximate surface area is 152 Å². The summed E-state index contributed by atoms with van der Waals surface area (Å²) >= 11 is 0. The first-order valence-corrected chi connectivity index (χ1v) is 8.80. The van der Waals surface area contributed by atoms with Crippen LogP contribution in [0.25, 0.3) is 0 Å². The molecule has 1 aliphatic rings. The van der Waals surface area contributed by atoms with Gasteiger partial charge in [-0.3, -0.25) is 14.6 Å². The number of rotatable bonds is 5. The molecule has 1 fully saturated rings.